The van der Waals surface area contributed by atoms with Crippen LogP contribution in [0.15, 0.2) is 59.5 Å². The van der Waals surface area contributed by atoms with Crippen molar-refractivity contribution in [2.75, 3.05) is 25.0 Å². The lowest BCUT2D eigenvalue weighted by molar-refractivity contribution is -0.111. The number of carbonyl (C=O) groups is 1. The molecule has 1 amide bonds. The van der Waals surface area contributed by atoms with Crippen LogP contribution in [0.1, 0.15) is 31.7 Å². The van der Waals surface area contributed by atoms with E-state index in [1.165, 1.54) is 22.5 Å². The lowest BCUT2D eigenvalue weighted by Gasteiger charge is -2.26. The maximum atomic E-state index is 13.0. The Kier molecular flexibility index (Phi) is 7.06. The highest BCUT2D eigenvalue weighted by molar-refractivity contribution is 7.89. The Labute approximate surface area is 172 Å². The van der Waals surface area contributed by atoms with E-state index in [1.54, 1.807) is 12.1 Å². The molecule has 1 aliphatic rings. The summed E-state index contributed by atoms with van der Waals surface area (Å²) in [5, 5.41) is 2.75. The molecule has 0 spiro atoms. The molecule has 1 heterocycles. The molecular formula is C22H26N2O4S. The summed E-state index contributed by atoms with van der Waals surface area (Å²) in [5.41, 5.74) is 1.24. The van der Waals surface area contributed by atoms with Gasteiger partial charge in [-0.25, -0.2) is 8.42 Å². The molecule has 1 N–H and O–H groups in total. The lowest BCUT2D eigenvalue weighted by atomic mass is 10.2. The molecule has 1 saturated heterocycles. The zero-order valence-electron chi connectivity index (χ0n) is 16.5. The Morgan fingerprint density at radius 3 is 2.52 bits per heavy atom. The maximum Gasteiger partial charge on any atom is 0.248 e. The quantitative estimate of drug-likeness (QED) is 0.697. The maximum absolute atomic E-state index is 13.0. The molecule has 0 aliphatic carbocycles. The van der Waals surface area contributed by atoms with Gasteiger partial charge in [0.05, 0.1) is 17.2 Å². The first kappa shape index (κ1) is 21.1. The highest BCUT2D eigenvalue weighted by atomic mass is 32.2. The van der Waals surface area contributed by atoms with Crippen LogP contribution in [0.5, 0.6) is 5.75 Å². The van der Waals surface area contributed by atoms with Gasteiger partial charge in [0.1, 0.15) is 5.75 Å². The highest BCUT2D eigenvalue weighted by Gasteiger charge is 2.26. The Morgan fingerprint density at radius 1 is 1.10 bits per heavy atom. The zero-order chi connectivity index (χ0) is 20.7. The first-order chi connectivity index (χ1) is 14.0. The third kappa shape index (κ3) is 5.46. The number of amides is 1. The summed E-state index contributed by atoms with van der Waals surface area (Å²) in [4.78, 5) is 12.5. The number of rotatable bonds is 7. The normalized spacial score (nSPS) is 15.3. The van der Waals surface area contributed by atoms with Crippen LogP contribution in [0, 0.1) is 0 Å². The summed E-state index contributed by atoms with van der Waals surface area (Å²) >= 11 is 0. The third-order valence-electron chi connectivity index (χ3n) is 4.69. The number of nitrogens with one attached hydrogen (secondary N) is 1. The number of piperidine rings is 1. The standard InChI is InChI=1S/C22H26N2O4S/c1-2-28-21-13-12-19(29(26,27)24-15-7-4-8-16-24)17-20(21)23-22(25)14-11-18-9-5-3-6-10-18/h3,5-6,9-14,17H,2,4,7-8,15-16H2,1H3,(H,23,25)/b14-11+. The number of anilines is 1. The number of sulfonamides is 1. The van der Waals surface area contributed by atoms with Crippen LogP contribution in [0.25, 0.3) is 6.08 Å². The molecule has 6 nitrogen and oxygen atoms in total. The Hall–Kier alpha value is -2.64. The van der Waals surface area contributed by atoms with Gasteiger partial charge in [-0.3, -0.25) is 4.79 Å². The van der Waals surface area contributed by atoms with Gasteiger partial charge >= 0.3 is 0 Å². The van der Waals surface area contributed by atoms with Gasteiger partial charge in [-0.05, 0) is 49.6 Å². The molecule has 0 atom stereocenters. The summed E-state index contributed by atoms with van der Waals surface area (Å²) in [6.45, 7) is 3.29. The van der Waals surface area contributed by atoms with Crippen LogP contribution in [-0.2, 0) is 14.8 Å². The average Bonchev–Trinajstić information content (AvgIpc) is 2.75. The van der Waals surface area contributed by atoms with Crippen molar-refractivity contribution in [1.82, 2.24) is 4.31 Å². The van der Waals surface area contributed by atoms with Crippen molar-refractivity contribution in [3.8, 4) is 5.75 Å². The van der Waals surface area contributed by atoms with E-state index < -0.39 is 10.0 Å². The Balaban J connectivity index is 1.83. The minimum atomic E-state index is -3.60. The smallest absolute Gasteiger partial charge is 0.248 e. The first-order valence-electron chi connectivity index (χ1n) is 9.82. The molecule has 7 heteroatoms. The second-order valence-electron chi connectivity index (χ2n) is 6.79. The van der Waals surface area contributed by atoms with E-state index >= 15 is 0 Å². The summed E-state index contributed by atoms with van der Waals surface area (Å²) in [6.07, 6.45) is 5.89. The number of ether oxygens (including phenoxy) is 1. The van der Waals surface area contributed by atoms with Crippen LogP contribution in [0.4, 0.5) is 5.69 Å². The van der Waals surface area contributed by atoms with Gasteiger partial charge in [-0.1, -0.05) is 36.8 Å². The fourth-order valence-corrected chi connectivity index (χ4v) is 4.76. The van der Waals surface area contributed by atoms with Gasteiger partial charge in [0.25, 0.3) is 0 Å². The van der Waals surface area contributed by atoms with Crippen molar-refractivity contribution in [3.05, 3.63) is 60.2 Å². The van der Waals surface area contributed by atoms with Crippen LogP contribution < -0.4 is 10.1 Å². The van der Waals surface area contributed by atoms with E-state index in [0.717, 1.165) is 24.8 Å². The molecule has 2 aromatic carbocycles. The monoisotopic (exact) mass is 414 g/mol. The summed E-state index contributed by atoms with van der Waals surface area (Å²) in [7, 11) is -3.60. The number of carbonyl (C=O) groups excluding carboxylic acids is 1. The third-order valence-corrected chi connectivity index (χ3v) is 6.58. The van der Waals surface area contributed by atoms with Gasteiger partial charge in [0, 0.05) is 19.2 Å². The highest BCUT2D eigenvalue weighted by Crippen LogP contribution is 2.30. The van der Waals surface area contributed by atoms with Gasteiger partial charge in [0.15, 0.2) is 0 Å². The Morgan fingerprint density at radius 2 is 1.83 bits per heavy atom. The molecule has 0 aromatic heterocycles. The summed E-state index contributed by atoms with van der Waals surface area (Å²) in [5.74, 6) is 0.0777. The summed E-state index contributed by atoms with van der Waals surface area (Å²) in [6, 6.07) is 14.1. The minimum absolute atomic E-state index is 0.158. The van der Waals surface area contributed by atoms with E-state index in [0.29, 0.717) is 31.1 Å². The van der Waals surface area contributed by atoms with Crippen LogP contribution in [-0.4, -0.2) is 38.3 Å². The predicted molar refractivity (Wildman–Crippen MR) is 114 cm³/mol. The molecule has 0 saturated carbocycles. The first-order valence-corrected chi connectivity index (χ1v) is 11.3. The van der Waals surface area contributed by atoms with E-state index in [4.69, 9.17) is 4.74 Å². The molecular weight excluding hydrogens is 388 g/mol. The van der Waals surface area contributed by atoms with E-state index in [2.05, 4.69) is 5.32 Å². The van der Waals surface area contributed by atoms with E-state index in [-0.39, 0.29) is 10.8 Å². The second-order valence-corrected chi connectivity index (χ2v) is 8.73. The molecule has 1 aliphatic heterocycles. The Bertz CT molecular complexity index is 966. The average molecular weight is 415 g/mol. The van der Waals surface area contributed by atoms with Gasteiger partial charge in [0.2, 0.25) is 15.9 Å². The van der Waals surface area contributed by atoms with Crippen molar-refractivity contribution >= 4 is 27.7 Å². The summed E-state index contributed by atoms with van der Waals surface area (Å²) < 4.78 is 33.0. The fourth-order valence-electron chi connectivity index (χ4n) is 3.21. The number of hydrogen-bond donors (Lipinski definition) is 1. The SMILES string of the molecule is CCOc1ccc(S(=O)(=O)N2CCCCC2)cc1NC(=O)/C=C/c1ccccc1. The topological polar surface area (TPSA) is 75.7 Å². The number of hydrogen-bond acceptors (Lipinski definition) is 4. The van der Waals surface area contributed by atoms with Crippen LogP contribution in [0.3, 0.4) is 0 Å². The fraction of sp³-hybridized carbons (Fsp3) is 0.318. The van der Waals surface area contributed by atoms with Crippen molar-refractivity contribution in [2.45, 2.75) is 31.1 Å². The number of nitrogens with zero attached hydrogens (tertiary/aromatic N) is 1. The molecule has 154 valence electrons. The van der Waals surface area contributed by atoms with Crippen molar-refractivity contribution in [1.29, 1.82) is 0 Å². The minimum Gasteiger partial charge on any atom is -0.492 e. The van der Waals surface area contributed by atoms with Crippen molar-refractivity contribution < 1.29 is 17.9 Å². The van der Waals surface area contributed by atoms with Crippen LogP contribution >= 0.6 is 0 Å². The molecule has 2 aromatic rings. The van der Waals surface area contributed by atoms with Gasteiger partial charge < -0.3 is 10.1 Å². The molecule has 0 unspecified atom stereocenters. The van der Waals surface area contributed by atoms with E-state index in [9.17, 15) is 13.2 Å². The zero-order valence-corrected chi connectivity index (χ0v) is 17.3. The molecule has 29 heavy (non-hydrogen) atoms. The predicted octanol–water partition coefficient (Wildman–Crippen LogP) is 3.91. The molecule has 0 bridgehead atoms. The van der Waals surface area contributed by atoms with Crippen molar-refractivity contribution in [3.63, 3.8) is 0 Å². The van der Waals surface area contributed by atoms with E-state index in [1.807, 2.05) is 37.3 Å². The molecule has 0 radical (unpaired) electrons. The number of benzene rings is 2. The van der Waals surface area contributed by atoms with Gasteiger partial charge in [-0.15, -0.1) is 0 Å². The second kappa shape index (κ2) is 9.71. The largest absolute Gasteiger partial charge is 0.492 e. The van der Waals surface area contributed by atoms with Crippen LogP contribution in [0.2, 0.25) is 0 Å². The van der Waals surface area contributed by atoms with Crippen molar-refractivity contribution in [2.24, 2.45) is 0 Å². The van der Waals surface area contributed by atoms with Gasteiger partial charge in [-0.2, -0.15) is 4.31 Å². The lowest BCUT2D eigenvalue weighted by Crippen LogP contribution is -2.35. The molecule has 3 rings (SSSR count). The molecule has 1 fully saturated rings.